The van der Waals surface area contributed by atoms with Crippen molar-refractivity contribution in [1.82, 2.24) is 10.3 Å². The van der Waals surface area contributed by atoms with Gasteiger partial charge in [0.1, 0.15) is 12.4 Å². The monoisotopic (exact) mass is 346 g/mol. The molecule has 128 valence electrons. The van der Waals surface area contributed by atoms with Gasteiger partial charge >= 0.3 is 0 Å². The smallest absolute Gasteiger partial charge is 0.251 e. The summed E-state index contributed by atoms with van der Waals surface area (Å²) in [6, 6.07) is 7.27. The Kier molecular flexibility index (Phi) is 5.82. The molecule has 2 aromatic rings. The van der Waals surface area contributed by atoms with Crippen LogP contribution in [-0.4, -0.2) is 36.8 Å². The summed E-state index contributed by atoms with van der Waals surface area (Å²) in [5.74, 6) is 0.609. The predicted octanol–water partition coefficient (Wildman–Crippen LogP) is 2.98. The highest BCUT2D eigenvalue weighted by Gasteiger charge is 2.16. The average molecular weight is 346 g/mol. The van der Waals surface area contributed by atoms with Crippen LogP contribution in [0, 0.1) is 6.92 Å². The lowest BCUT2D eigenvalue weighted by molar-refractivity contribution is 0.0679. The number of hydrogen-bond donors (Lipinski definition) is 1. The normalized spacial score (nSPS) is 17.0. The maximum atomic E-state index is 12.2. The van der Waals surface area contributed by atoms with Gasteiger partial charge in [-0.05, 0) is 38.0 Å². The molecule has 1 atom stereocenters. The summed E-state index contributed by atoms with van der Waals surface area (Å²) in [4.78, 5) is 16.6. The molecular formula is C18H22N2O3S. The van der Waals surface area contributed by atoms with E-state index < -0.39 is 0 Å². The van der Waals surface area contributed by atoms with Gasteiger partial charge in [0, 0.05) is 30.5 Å². The molecule has 3 rings (SSSR count). The van der Waals surface area contributed by atoms with Crippen molar-refractivity contribution in [2.24, 2.45) is 0 Å². The second-order valence-electron chi connectivity index (χ2n) is 5.84. The zero-order valence-corrected chi connectivity index (χ0v) is 14.6. The van der Waals surface area contributed by atoms with Crippen LogP contribution in [-0.2, 0) is 11.2 Å². The summed E-state index contributed by atoms with van der Waals surface area (Å²) in [6.07, 6.45) is 3.04. The predicted molar refractivity (Wildman–Crippen MR) is 93.8 cm³/mol. The Balaban J connectivity index is 1.47. The van der Waals surface area contributed by atoms with Crippen LogP contribution >= 0.6 is 11.3 Å². The SMILES string of the molecule is Cc1nc(CCNC(=O)c2cccc(OCC3CCCO3)c2)cs1. The number of carbonyl (C=O) groups excluding carboxylic acids is 1. The number of ether oxygens (including phenoxy) is 2. The quantitative estimate of drug-likeness (QED) is 0.837. The highest BCUT2D eigenvalue weighted by Crippen LogP contribution is 2.17. The zero-order valence-electron chi connectivity index (χ0n) is 13.8. The number of thiazole rings is 1. The first-order valence-corrected chi connectivity index (χ1v) is 9.12. The Morgan fingerprint density at radius 2 is 2.42 bits per heavy atom. The van der Waals surface area contributed by atoms with Gasteiger partial charge in [-0.1, -0.05) is 6.07 Å². The van der Waals surface area contributed by atoms with E-state index in [-0.39, 0.29) is 12.0 Å². The summed E-state index contributed by atoms with van der Waals surface area (Å²) in [5.41, 5.74) is 1.63. The van der Waals surface area contributed by atoms with Gasteiger partial charge in [-0.25, -0.2) is 4.98 Å². The van der Waals surface area contributed by atoms with Crippen molar-refractivity contribution in [3.63, 3.8) is 0 Å². The highest BCUT2D eigenvalue weighted by molar-refractivity contribution is 7.09. The van der Waals surface area contributed by atoms with Crippen LogP contribution in [0.25, 0.3) is 0 Å². The van der Waals surface area contributed by atoms with Gasteiger partial charge in [-0.3, -0.25) is 4.79 Å². The lowest BCUT2D eigenvalue weighted by Gasteiger charge is -2.12. The second-order valence-corrected chi connectivity index (χ2v) is 6.90. The molecule has 1 aliphatic rings. The van der Waals surface area contributed by atoms with Crippen LogP contribution in [0.4, 0.5) is 0 Å². The number of amides is 1. The standard InChI is InChI=1S/C18H22N2O3S/c1-13-20-15(12-24-13)7-8-19-18(21)14-4-2-5-16(10-14)23-11-17-6-3-9-22-17/h2,4-5,10,12,17H,3,6-9,11H2,1H3,(H,19,21). The molecule has 0 bridgehead atoms. The van der Waals surface area contributed by atoms with Crippen molar-refractivity contribution in [3.05, 3.63) is 45.9 Å². The van der Waals surface area contributed by atoms with Crippen molar-refractivity contribution in [1.29, 1.82) is 0 Å². The lowest BCUT2D eigenvalue weighted by atomic mass is 10.2. The Labute approximate surface area is 146 Å². The first-order valence-electron chi connectivity index (χ1n) is 8.24. The van der Waals surface area contributed by atoms with Crippen LogP contribution < -0.4 is 10.1 Å². The number of rotatable bonds is 7. The molecule has 0 saturated carbocycles. The maximum absolute atomic E-state index is 12.2. The molecule has 1 amide bonds. The molecule has 1 N–H and O–H groups in total. The summed E-state index contributed by atoms with van der Waals surface area (Å²) in [7, 11) is 0. The third-order valence-corrected chi connectivity index (χ3v) is 4.71. The molecule has 1 unspecified atom stereocenters. The minimum Gasteiger partial charge on any atom is -0.491 e. The number of aromatic nitrogens is 1. The first kappa shape index (κ1) is 16.9. The number of hydrogen-bond acceptors (Lipinski definition) is 5. The minimum absolute atomic E-state index is 0.0930. The molecule has 1 fully saturated rings. The molecule has 5 nitrogen and oxygen atoms in total. The number of benzene rings is 1. The molecule has 1 aromatic carbocycles. The number of carbonyl (C=O) groups is 1. The minimum atomic E-state index is -0.0930. The van der Waals surface area contributed by atoms with E-state index in [1.807, 2.05) is 24.4 Å². The second kappa shape index (κ2) is 8.26. The van der Waals surface area contributed by atoms with Gasteiger partial charge in [0.15, 0.2) is 0 Å². The van der Waals surface area contributed by atoms with E-state index in [2.05, 4.69) is 10.3 Å². The van der Waals surface area contributed by atoms with Gasteiger partial charge in [0.2, 0.25) is 0 Å². The van der Waals surface area contributed by atoms with Crippen LogP contribution in [0.5, 0.6) is 5.75 Å². The largest absolute Gasteiger partial charge is 0.491 e. The Hall–Kier alpha value is -1.92. The van der Waals surface area contributed by atoms with Crippen molar-refractivity contribution < 1.29 is 14.3 Å². The van der Waals surface area contributed by atoms with Crippen molar-refractivity contribution in [2.75, 3.05) is 19.8 Å². The molecule has 6 heteroatoms. The third-order valence-electron chi connectivity index (χ3n) is 3.89. The Morgan fingerprint density at radius 1 is 1.50 bits per heavy atom. The number of nitrogens with one attached hydrogen (secondary N) is 1. The van der Waals surface area contributed by atoms with Gasteiger partial charge < -0.3 is 14.8 Å². The molecule has 0 radical (unpaired) electrons. The van der Waals surface area contributed by atoms with E-state index in [9.17, 15) is 4.79 Å². The molecule has 24 heavy (non-hydrogen) atoms. The lowest BCUT2D eigenvalue weighted by Crippen LogP contribution is -2.25. The fourth-order valence-electron chi connectivity index (χ4n) is 2.62. The molecule has 1 aliphatic heterocycles. The van der Waals surface area contributed by atoms with Crippen molar-refractivity contribution in [2.45, 2.75) is 32.3 Å². The van der Waals surface area contributed by atoms with E-state index >= 15 is 0 Å². The summed E-state index contributed by atoms with van der Waals surface area (Å²) in [5, 5.41) is 6.00. The van der Waals surface area contributed by atoms with E-state index in [4.69, 9.17) is 9.47 Å². The van der Waals surface area contributed by atoms with E-state index in [1.54, 1.807) is 23.5 Å². The molecule has 1 aromatic heterocycles. The highest BCUT2D eigenvalue weighted by atomic mass is 32.1. The van der Waals surface area contributed by atoms with Gasteiger partial charge in [-0.2, -0.15) is 0 Å². The van der Waals surface area contributed by atoms with E-state index in [0.717, 1.165) is 36.6 Å². The summed E-state index contributed by atoms with van der Waals surface area (Å²) in [6.45, 7) is 3.90. The molecule has 1 saturated heterocycles. The van der Waals surface area contributed by atoms with Gasteiger partial charge in [0.25, 0.3) is 5.91 Å². The topological polar surface area (TPSA) is 60.5 Å². The van der Waals surface area contributed by atoms with Gasteiger partial charge in [-0.15, -0.1) is 11.3 Å². The molecule has 0 aliphatic carbocycles. The van der Waals surface area contributed by atoms with Crippen molar-refractivity contribution >= 4 is 17.2 Å². The van der Waals surface area contributed by atoms with Gasteiger partial charge in [0.05, 0.1) is 16.8 Å². The van der Waals surface area contributed by atoms with Crippen LogP contribution in [0.15, 0.2) is 29.6 Å². The summed E-state index contributed by atoms with van der Waals surface area (Å²) >= 11 is 1.63. The maximum Gasteiger partial charge on any atom is 0.251 e. The molecule has 2 heterocycles. The zero-order chi connectivity index (χ0) is 16.8. The van der Waals surface area contributed by atoms with Crippen molar-refractivity contribution in [3.8, 4) is 5.75 Å². The summed E-state index contributed by atoms with van der Waals surface area (Å²) < 4.78 is 11.3. The Morgan fingerprint density at radius 3 is 3.17 bits per heavy atom. The fourth-order valence-corrected chi connectivity index (χ4v) is 3.27. The fraction of sp³-hybridized carbons (Fsp3) is 0.444. The molecular weight excluding hydrogens is 324 g/mol. The number of nitrogens with zero attached hydrogens (tertiary/aromatic N) is 1. The number of aryl methyl sites for hydroxylation is 1. The van der Waals surface area contributed by atoms with Crippen LogP contribution in [0.2, 0.25) is 0 Å². The van der Waals surface area contributed by atoms with E-state index in [1.165, 1.54) is 0 Å². The van der Waals surface area contributed by atoms with E-state index in [0.29, 0.717) is 24.5 Å². The molecule has 0 spiro atoms. The Bertz CT molecular complexity index is 680. The van der Waals surface area contributed by atoms with Crippen LogP contribution in [0.1, 0.15) is 33.9 Å². The average Bonchev–Trinajstić information content (AvgIpc) is 3.25. The third kappa shape index (κ3) is 4.79. The van der Waals surface area contributed by atoms with Crippen LogP contribution in [0.3, 0.4) is 0 Å². The first-order chi connectivity index (χ1) is 11.7.